The highest BCUT2D eigenvalue weighted by Gasteiger charge is 1.98. The third-order valence-electron chi connectivity index (χ3n) is 2.50. The van der Waals surface area contributed by atoms with Gasteiger partial charge in [0, 0.05) is 12.7 Å². The summed E-state index contributed by atoms with van der Waals surface area (Å²) in [5, 5.41) is 12.4. The van der Waals surface area contributed by atoms with E-state index in [0.29, 0.717) is 11.6 Å². The van der Waals surface area contributed by atoms with Gasteiger partial charge in [0.15, 0.2) is 0 Å². The number of aromatic hydroxyl groups is 1. The van der Waals surface area contributed by atoms with Crippen molar-refractivity contribution in [2.24, 2.45) is 0 Å². The maximum Gasteiger partial charge on any atom is 0.146 e. The quantitative estimate of drug-likeness (QED) is 0.750. The van der Waals surface area contributed by atoms with Crippen LogP contribution in [0.5, 0.6) is 5.75 Å². The first-order valence-electron chi connectivity index (χ1n) is 5.48. The molecule has 4 heteroatoms. The van der Waals surface area contributed by atoms with Gasteiger partial charge in [0.2, 0.25) is 0 Å². The fourth-order valence-corrected chi connectivity index (χ4v) is 1.57. The lowest BCUT2D eigenvalue weighted by molar-refractivity contribution is 0.475. The molecule has 2 aromatic rings. The van der Waals surface area contributed by atoms with Gasteiger partial charge in [0.25, 0.3) is 0 Å². The molecule has 4 N–H and O–H groups in total. The molecule has 0 aliphatic heterocycles. The minimum atomic E-state index is 0.290. The standard InChI is InChI=1S/C13H15N3O/c14-13-12(2-1-8-16-13)15-9-7-10-3-5-11(17)6-4-10/h1-6,8,15,17H,7,9H2,(H2,14,16). The molecule has 0 amide bonds. The Morgan fingerprint density at radius 1 is 1.18 bits per heavy atom. The van der Waals surface area contributed by atoms with Gasteiger partial charge in [0.1, 0.15) is 11.6 Å². The van der Waals surface area contributed by atoms with Gasteiger partial charge in [-0.1, -0.05) is 12.1 Å². The van der Waals surface area contributed by atoms with Crippen molar-refractivity contribution in [2.75, 3.05) is 17.6 Å². The van der Waals surface area contributed by atoms with Gasteiger partial charge >= 0.3 is 0 Å². The molecule has 0 saturated heterocycles. The van der Waals surface area contributed by atoms with E-state index in [-0.39, 0.29) is 0 Å². The normalized spacial score (nSPS) is 10.1. The molecule has 0 spiro atoms. The molecule has 17 heavy (non-hydrogen) atoms. The summed E-state index contributed by atoms with van der Waals surface area (Å²) in [6.45, 7) is 0.778. The van der Waals surface area contributed by atoms with Crippen LogP contribution >= 0.6 is 0 Å². The van der Waals surface area contributed by atoms with E-state index in [9.17, 15) is 0 Å². The monoisotopic (exact) mass is 229 g/mol. The van der Waals surface area contributed by atoms with Crippen molar-refractivity contribution in [1.29, 1.82) is 0 Å². The number of nitrogens with two attached hydrogens (primary N) is 1. The van der Waals surface area contributed by atoms with Crippen LogP contribution in [-0.4, -0.2) is 16.6 Å². The zero-order valence-corrected chi connectivity index (χ0v) is 9.43. The molecular weight excluding hydrogens is 214 g/mol. The Kier molecular flexibility index (Phi) is 3.45. The summed E-state index contributed by atoms with van der Waals surface area (Å²) in [7, 11) is 0. The van der Waals surface area contributed by atoms with Crippen molar-refractivity contribution >= 4 is 11.5 Å². The van der Waals surface area contributed by atoms with Crippen molar-refractivity contribution in [3.05, 3.63) is 48.2 Å². The first kappa shape index (κ1) is 11.3. The summed E-state index contributed by atoms with van der Waals surface area (Å²) in [5.41, 5.74) is 7.73. The maximum absolute atomic E-state index is 9.16. The van der Waals surface area contributed by atoms with E-state index in [0.717, 1.165) is 24.2 Å². The van der Waals surface area contributed by atoms with E-state index < -0.39 is 0 Å². The molecule has 0 aliphatic carbocycles. The van der Waals surface area contributed by atoms with Crippen molar-refractivity contribution in [2.45, 2.75) is 6.42 Å². The van der Waals surface area contributed by atoms with Crippen LogP contribution in [-0.2, 0) is 6.42 Å². The van der Waals surface area contributed by atoms with Crippen LogP contribution in [0.15, 0.2) is 42.6 Å². The molecule has 1 aromatic heterocycles. The molecule has 1 heterocycles. The molecule has 0 bridgehead atoms. The van der Waals surface area contributed by atoms with Crippen LogP contribution < -0.4 is 11.1 Å². The van der Waals surface area contributed by atoms with Gasteiger partial charge in [-0.05, 0) is 36.2 Å². The molecule has 0 fully saturated rings. The third kappa shape index (κ3) is 3.11. The van der Waals surface area contributed by atoms with E-state index in [1.54, 1.807) is 18.3 Å². The second-order valence-electron chi connectivity index (χ2n) is 3.78. The SMILES string of the molecule is Nc1ncccc1NCCc1ccc(O)cc1. The number of hydrogen-bond donors (Lipinski definition) is 3. The Bertz CT molecular complexity index is 482. The second-order valence-corrected chi connectivity index (χ2v) is 3.78. The Labute approximate surface area is 100 Å². The zero-order valence-electron chi connectivity index (χ0n) is 9.43. The van der Waals surface area contributed by atoms with Gasteiger partial charge in [0.05, 0.1) is 5.69 Å². The second kappa shape index (κ2) is 5.21. The number of phenols is 1. The minimum absolute atomic E-state index is 0.290. The third-order valence-corrected chi connectivity index (χ3v) is 2.50. The summed E-state index contributed by atoms with van der Waals surface area (Å²) in [5.74, 6) is 0.802. The molecule has 0 unspecified atom stereocenters. The fraction of sp³-hybridized carbons (Fsp3) is 0.154. The summed E-state index contributed by atoms with van der Waals surface area (Å²) in [6.07, 6.45) is 2.54. The van der Waals surface area contributed by atoms with E-state index in [4.69, 9.17) is 10.8 Å². The summed E-state index contributed by atoms with van der Waals surface area (Å²) in [4.78, 5) is 4.00. The molecule has 4 nitrogen and oxygen atoms in total. The van der Waals surface area contributed by atoms with Crippen molar-refractivity contribution in [3.8, 4) is 5.75 Å². The van der Waals surface area contributed by atoms with Crippen LogP contribution in [0.25, 0.3) is 0 Å². The molecule has 2 rings (SSSR count). The number of nitrogen functional groups attached to an aromatic ring is 1. The number of pyridine rings is 1. The Balaban J connectivity index is 1.88. The molecule has 88 valence electrons. The number of phenolic OH excluding ortho intramolecular Hbond substituents is 1. The molecule has 0 radical (unpaired) electrons. The first-order chi connectivity index (χ1) is 8.25. The molecule has 0 atom stereocenters. The summed E-state index contributed by atoms with van der Waals surface area (Å²) >= 11 is 0. The van der Waals surface area contributed by atoms with Crippen LogP contribution in [0.1, 0.15) is 5.56 Å². The highest BCUT2D eigenvalue weighted by molar-refractivity contribution is 5.60. The van der Waals surface area contributed by atoms with Crippen LogP contribution in [0.3, 0.4) is 0 Å². The Hall–Kier alpha value is -2.23. The topological polar surface area (TPSA) is 71.2 Å². The van der Waals surface area contributed by atoms with Crippen molar-refractivity contribution < 1.29 is 5.11 Å². The molecule has 1 aromatic carbocycles. The van der Waals surface area contributed by atoms with Gasteiger partial charge in [-0.15, -0.1) is 0 Å². The summed E-state index contributed by atoms with van der Waals surface area (Å²) < 4.78 is 0. The lowest BCUT2D eigenvalue weighted by Gasteiger charge is -2.08. The van der Waals surface area contributed by atoms with Crippen molar-refractivity contribution in [3.63, 3.8) is 0 Å². The van der Waals surface area contributed by atoms with Gasteiger partial charge in [-0.3, -0.25) is 0 Å². The lowest BCUT2D eigenvalue weighted by Crippen LogP contribution is -2.07. The molecular formula is C13H15N3O. The number of benzene rings is 1. The van der Waals surface area contributed by atoms with Crippen LogP contribution in [0.4, 0.5) is 11.5 Å². The Morgan fingerprint density at radius 2 is 1.94 bits per heavy atom. The lowest BCUT2D eigenvalue weighted by atomic mass is 10.1. The van der Waals surface area contributed by atoms with Gasteiger partial charge in [-0.25, -0.2) is 4.98 Å². The minimum Gasteiger partial charge on any atom is -0.508 e. The number of hydrogen-bond acceptors (Lipinski definition) is 4. The van der Waals surface area contributed by atoms with Gasteiger partial charge < -0.3 is 16.2 Å². The predicted octanol–water partition coefficient (Wildman–Crippen LogP) is 2.02. The fourth-order valence-electron chi connectivity index (χ4n) is 1.57. The van der Waals surface area contributed by atoms with E-state index >= 15 is 0 Å². The maximum atomic E-state index is 9.16. The van der Waals surface area contributed by atoms with Crippen molar-refractivity contribution in [1.82, 2.24) is 4.98 Å². The highest BCUT2D eigenvalue weighted by atomic mass is 16.3. The average molecular weight is 229 g/mol. The number of rotatable bonds is 4. The van der Waals surface area contributed by atoms with Crippen LogP contribution in [0.2, 0.25) is 0 Å². The van der Waals surface area contributed by atoms with E-state index in [1.165, 1.54) is 0 Å². The molecule has 0 aliphatic rings. The Morgan fingerprint density at radius 3 is 2.65 bits per heavy atom. The largest absolute Gasteiger partial charge is 0.508 e. The van der Waals surface area contributed by atoms with Crippen LogP contribution in [0, 0.1) is 0 Å². The number of aromatic nitrogens is 1. The smallest absolute Gasteiger partial charge is 0.146 e. The average Bonchev–Trinajstić information content (AvgIpc) is 2.34. The first-order valence-corrected chi connectivity index (χ1v) is 5.48. The number of nitrogens with one attached hydrogen (secondary N) is 1. The van der Waals surface area contributed by atoms with E-state index in [1.807, 2.05) is 24.3 Å². The summed E-state index contributed by atoms with van der Waals surface area (Å²) in [6, 6.07) is 10.9. The number of nitrogens with zero attached hydrogens (tertiary/aromatic N) is 1. The predicted molar refractivity (Wildman–Crippen MR) is 68.9 cm³/mol. The molecule has 0 saturated carbocycles. The van der Waals surface area contributed by atoms with Gasteiger partial charge in [-0.2, -0.15) is 0 Å². The number of anilines is 2. The highest BCUT2D eigenvalue weighted by Crippen LogP contribution is 2.14. The zero-order chi connectivity index (χ0) is 12.1. The van der Waals surface area contributed by atoms with E-state index in [2.05, 4.69) is 10.3 Å².